The molecule has 0 saturated heterocycles. The van der Waals surface area contributed by atoms with Gasteiger partial charge in [0.05, 0.1) is 0 Å². The van der Waals surface area contributed by atoms with E-state index in [9.17, 15) is 0 Å². The molecular weight excluding hydrogens is 408 g/mol. The van der Waals surface area contributed by atoms with Crippen molar-refractivity contribution in [1.29, 1.82) is 0 Å². The molecule has 0 atom stereocenters. The lowest BCUT2D eigenvalue weighted by atomic mass is 9.90. The van der Waals surface area contributed by atoms with Gasteiger partial charge in [0.1, 0.15) is 0 Å². The minimum Gasteiger partial charge on any atom is -0.0613 e. The first kappa shape index (κ1) is 24.0. The topological polar surface area (TPSA) is 0 Å². The highest BCUT2D eigenvalue weighted by Crippen LogP contribution is 2.24. The summed E-state index contributed by atoms with van der Waals surface area (Å²) in [6, 6.07) is 32.2. The Hall–Kier alpha value is -3.12. The fourth-order valence-corrected chi connectivity index (χ4v) is 4.88. The fourth-order valence-electron chi connectivity index (χ4n) is 4.88. The molecule has 0 radical (unpaired) electrons. The molecule has 0 aliphatic heterocycles. The summed E-state index contributed by atoms with van der Waals surface area (Å²) in [5, 5.41) is 0. The second kappa shape index (κ2) is 11.3. The summed E-state index contributed by atoms with van der Waals surface area (Å²) in [7, 11) is 0. The third-order valence-corrected chi connectivity index (χ3v) is 7.09. The number of benzene rings is 4. The van der Waals surface area contributed by atoms with Crippen LogP contribution in [0.25, 0.3) is 0 Å². The summed E-state index contributed by atoms with van der Waals surface area (Å²) in [6.07, 6.45) is 6.28. The molecule has 4 aromatic rings. The van der Waals surface area contributed by atoms with Crippen LogP contribution < -0.4 is 0 Å². The standard InChI is InChI=1S/C34H38/c1-5-26-8-12-28(13-9-26)21-29-16-18-31(19-17-29)24-34-25(4)20-32(23-33(34)7-3)22-30-14-10-27(6-2)11-15-30/h8-20,23H,5-7,21-22,24H2,1-4H3. The number of rotatable bonds is 9. The molecule has 0 spiro atoms. The van der Waals surface area contributed by atoms with Crippen LogP contribution in [0, 0.1) is 6.92 Å². The molecule has 0 heteroatoms. The second-order valence-electron chi connectivity index (χ2n) is 9.59. The van der Waals surface area contributed by atoms with E-state index >= 15 is 0 Å². The van der Waals surface area contributed by atoms with E-state index in [1.165, 1.54) is 55.6 Å². The molecule has 34 heavy (non-hydrogen) atoms. The fraction of sp³-hybridized carbons (Fsp3) is 0.294. The van der Waals surface area contributed by atoms with Gasteiger partial charge in [0, 0.05) is 0 Å². The molecule has 4 aromatic carbocycles. The summed E-state index contributed by atoms with van der Waals surface area (Å²) in [4.78, 5) is 0. The Morgan fingerprint density at radius 3 is 1.21 bits per heavy atom. The van der Waals surface area contributed by atoms with E-state index in [0.29, 0.717) is 0 Å². The van der Waals surface area contributed by atoms with Gasteiger partial charge in [-0.3, -0.25) is 0 Å². The van der Waals surface area contributed by atoms with Crippen molar-refractivity contribution >= 4 is 0 Å². The van der Waals surface area contributed by atoms with Crippen molar-refractivity contribution < 1.29 is 0 Å². The number of hydrogen-bond acceptors (Lipinski definition) is 0. The molecule has 0 heterocycles. The first-order chi connectivity index (χ1) is 16.6. The average molecular weight is 447 g/mol. The lowest BCUT2D eigenvalue weighted by Crippen LogP contribution is -2.01. The maximum absolute atomic E-state index is 2.43. The molecule has 0 aliphatic rings. The quantitative estimate of drug-likeness (QED) is 0.242. The van der Waals surface area contributed by atoms with Crippen molar-refractivity contribution in [2.24, 2.45) is 0 Å². The third-order valence-electron chi connectivity index (χ3n) is 7.09. The molecule has 0 fully saturated rings. The molecule has 0 amide bonds. The van der Waals surface area contributed by atoms with Crippen LogP contribution in [0.1, 0.15) is 76.4 Å². The van der Waals surface area contributed by atoms with Crippen molar-refractivity contribution in [3.63, 3.8) is 0 Å². The summed E-state index contributed by atoms with van der Waals surface area (Å²) in [5.74, 6) is 0. The van der Waals surface area contributed by atoms with Crippen LogP contribution in [0.2, 0.25) is 0 Å². The first-order valence-electron chi connectivity index (χ1n) is 12.9. The van der Waals surface area contributed by atoms with E-state index in [-0.39, 0.29) is 0 Å². The van der Waals surface area contributed by atoms with Gasteiger partial charge < -0.3 is 0 Å². The van der Waals surface area contributed by atoms with Crippen molar-refractivity contribution in [3.05, 3.63) is 141 Å². The van der Waals surface area contributed by atoms with Gasteiger partial charge in [-0.15, -0.1) is 0 Å². The zero-order chi connectivity index (χ0) is 23.9. The van der Waals surface area contributed by atoms with Crippen LogP contribution in [-0.4, -0.2) is 0 Å². The van der Waals surface area contributed by atoms with Crippen LogP contribution in [0.5, 0.6) is 0 Å². The molecule has 0 bridgehead atoms. The van der Waals surface area contributed by atoms with E-state index in [4.69, 9.17) is 0 Å². The van der Waals surface area contributed by atoms with E-state index in [2.05, 4.69) is 113 Å². The lowest BCUT2D eigenvalue weighted by Gasteiger charge is -2.15. The molecule has 0 unspecified atom stereocenters. The Kier molecular flexibility index (Phi) is 8.01. The third kappa shape index (κ3) is 6.06. The predicted molar refractivity (Wildman–Crippen MR) is 147 cm³/mol. The van der Waals surface area contributed by atoms with Crippen molar-refractivity contribution in [1.82, 2.24) is 0 Å². The summed E-state index contributed by atoms with van der Waals surface area (Å²) >= 11 is 0. The Morgan fingerprint density at radius 2 is 0.794 bits per heavy atom. The van der Waals surface area contributed by atoms with Gasteiger partial charge in [0.25, 0.3) is 0 Å². The monoisotopic (exact) mass is 446 g/mol. The van der Waals surface area contributed by atoms with Crippen molar-refractivity contribution in [2.45, 2.75) is 66.2 Å². The first-order valence-corrected chi connectivity index (χ1v) is 12.9. The maximum atomic E-state index is 2.43. The maximum Gasteiger partial charge on any atom is -0.00204 e. The average Bonchev–Trinajstić information content (AvgIpc) is 2.87. The molecule has 0 aromatic heterocycles. The normalized spacial score (nSPS) is 11.1. The summed E-state index contributed by atoms with van der Waals surface area (Å²) in [5.41, 5.74) is 14.2. The molecule has 174 valence electrons. The van der Waals surface area contributed by atoms with Gasteiger partial charge in [-0.05, 0) is 101 Å². The summed E-state index contributed by atoms with van der Waals surface area (Å²) in [6.45, 7) is 8.98. The molecular formula is C34H38. The smallest absolute Gasteiger partial charge is 0.00204 e. The van der Waals surface area contributed by atoms with Gasteiger partial charge >= 0.3 is 0 Å². The minimum atomic E-state index is 0.997. The number of aryl methyl sites for hydroxylation is 4. The predicted octanol–water partition coefficient (Wildman–Crippen LogP) is 8.45. The van der Waals surface area contributed by atoms with Crippen LogP contribution in [0.4, 0.5) is 0 Å². The highest BCUT2D eigenvalue weighted by Gasteiger charge is 2.10. The molecule has 0 N–H and O–H groups in total. The van der Waals surface area contributed by atoms with Crippen LogP contribution in [0.15, 0.2) is 84.9 Å². The Morgan fingerprint density at radius 1 is 0.412 bits per heavy atom. The second-order valence-corrected chi connectivity index (χ2v) is 9.59. The Labute approximate surface area is 206 Å². The minimum absolute atomic E-state index is 0.997. The van der Waals surface area contributed by atoms with E-state index in [0.717, 1.165) is 38.5 Å². The zero-order valence-electron chi connectivity index (χ0n) is 21.3. The molecule has 0 saturated carbocycles. The number of hydrogen-bond donors (Lipinski definition) is 0. The van der Waals surface area contributed by atoms with Crippen molar-refractivity contribution in [3.8, 4) is 0 Å². The van der Waals surface area contributed by atoms with Gasteiger partial charge in [0.2, 0.25) is 0 Å². The highest BCUT2D eigenvalue weighted by atomic mass is 14.1. The molecule has 4 rings (SSSR count). The van der Waals surface area contributed by atoms with E-state index < -0.39 is 0 Å². The Bertz CT molecular complexity index is 1190. The largest absolute Gasteiger partial charge is 0.0613 e. The van der Waals surface area contributed by atoms with Gasteiger partial charge in [0.15, 0.2) is 0 Å². The van der Waals surface area contributed by atoms with E-state index in [1.54, 1.807) is 0 Å². The van der Waals surface area contributed by atoms with Crippen LogP contribution in [-0.2, 0) is 38.5 Å². The van der Waals surface area contributed by atoms with Gasteiger partial charge in [-0.1, -0.05) is 106 Å². The van der Waals surface area contributed by atoms with Gasteiger partial charge in [-0.2, -0.15) is 0 Å². The summed E-state index contributed by atoms with van der Waals surface area (Å²) < 4.78 is 0. The SMILES string of the molecule is CCc1ccc(Cc2ccc(Cc3c(C)cc(Cc4ccc(CC)cc4)cc3CC)cc2)cc1. The Balaban J connectivity index is 1.46. The van der Waals surface area contributed by atoms with Crippen LogP contribution >= 0.6 is 0 Å². The highest BCUT2D eigenvalue weighted by molar-refractivity contribution is 5.44. The zero-order valence-corrected chi connectivity index (χ0v) is 21.3. The lowest BCUT2D eigenvalue weighted by molar-refractivity contribution is 1.02. The van der Waals surface area contributed by atoms with Crippen LogP contribution in [0.3, 0.4) is 0 Å². The van der Waals surface area contributed by atoms with Crippen molar-refractivity contribution in [2.75, 3.05) is 0 Å². The molecule has 0 aliphatic carbocycles. The van der Waals surface area contributed by atoms with Gasteiger partial charge in [-0.25, -0.2) is 0 Å². The van der Waals surface area contributed by atoms with E-state index in [1.807, 2.05) is 0 Å². The molecule has 0 nitrogen and oxygen atoms in total.